The fourth-order valence-corrected chi connectivity index (χ4v) is 2.68. The summed E-state index contributed by atoms with van der Waals surface area (Å²) >= 11 is 0. The summed E-state index contributed by atoms with van der Waals surface area (Å²) in [5, 5.41) is 3.04. The van der Waals surface area contributed by atoms with Gasteiger partial charge in [0.05, 0.1) is 19.0 Å². The van der Waals surface area contributed by atoms with Crippen LogP contribution in [0.25, 0.3) is 5.69 Å². The molecule has 5 heteroatoms. The van der Waals surface area contributed by atoms with Crippen LogP contribution < -0.4 is 10.1 Å². The van der Waals surface area contributed by atoms with E-state index in [0.717, 1.165) is 17.0 Å². The number of hydrogen-bond acceptors (Lipinski definition) is 3. The Labute approximate surface area is 153 Å². The lowest BCUT2D eigenvalue weighted by atomic mass is 10.1. The summed E-state index contributed by atoms with van der Waals surface area (Å²) in [5.74, 6) is 0.868. The molecular formula is C21H23N3O2. The van der Waals surface area contributed by atoms with E-state index < -0.39 is 0 Å². The molecule has 134 valence electrons. The molecule has 1 heterocycles. The summed E-state index contributed by atoms with van der Waals surface area (Å²) in [6.07, 6.45) is 6.55. The minimum Gasteiger partial charge on any atom is -0.494 e. The Bertz CT molecular complexity index is 799. The topological polar surface area (TPSA) is 56.1 Å². The Morgan fingerprint density at radius 2 is 1.92 bits per heavy atom. The van der Waals surface area contributed by atoms with Crippen LogP contribution >= 0.6 is 0 Å². The number of carbonyl (C=O) groups excluding carboxylic acids is 1. The first kappa shape index (κ1) is 17.7. The maximum absolute atomic E-state index is 12.1. The molecule has 3 rings (SSSR count). The van der Waals surface area contributed by atoms with Crippen molar-refractivity contribution in [1.29, 1.82) is 0 Å². The van der Waals surface area contributed by atoms with Crippen LogP contribution in [0, 0.1) is 0 Å². The van der Waals surface area contributed by atoms with Crippen molar-refractivity contribution in [3.8, 4) is 11.4 Å². The first-order valence-electron chi connectivity index (χ1n) is 8.78. The highest BCUT2D eigenvalue weighted by molar-refractivity contribution is 5.76. The van der Waals surface area contributed by atoms with E-state index in [2.05, 4.69) is 10.3 Å². The van der Waals surface area contributed by atoms with Gasteiger partial charge in [-0.25, -0.2) is 4.98 Å². The van der Waals surface area contributed by atoms with Crippen LogP contribution in [0.5, 0.6) is 5.75 Å². The standard InChI is InChI=1S/C21H23N3O2/c1-17(18-9-11-19(12-10-18)24-14-13-22-16-24)23-21(25)8-5-15-26-20-6-3-2-4-7-20/h2-4,6-7,9-14,16-17H,5,8,15H2,1H3,(H,23,25). The fourth-order valence-electron chi connectivity index (χ4n) is 2.68. The fraction of sp³-hybridized carbons (Fsp3) is 0.238. The average Bonchev–Trinajstić information content (AvgIpc) is 3.21. The summed E-state index contributed by atoms with van der Waals surface area (Å²) in [7, 11) is 0. The monoisotopic (exact) mass is 349 g/mol. The summed E-state index contributed by atoms with van der Waals surface area (Å²) in [6.45, 7) is 2.52. The molecule has 0 aliphatic rings. The van der Waals surface area contributed by atoms with Crippen LogP contribution in [0.1, 0.15) is 31.4 Å². The van der Waals surface area contributed by atoms with Crippen LogP contribution in [-0.4, -0.2) is 22.1 Å². The van der Waals surface area contributed by atoms with Crippen molar-refractivity contribution >= 4 is 5.91 Å². The second-order valence-corrected chi connectivity index (χ2v) is 6.12. The van der Waals surface area contributed by atoms with Crippen molar-refractivity contribution in [1.82, 2.24) is 14.9 Å². The van der Waals surface area contributed by atoms with Crippen LogP contribution in [0.2, 0.25) is 0 Å². The first-order valence-corrected chi connectivity index (χ1v) is 8.78. The number of amides is 1. The van der Waals surface area contributed by atoms with Gasteiger partial charge in [0.1, 0.15) is 5.75 Å². The van der Waals surface area contributed by atoms with Gasteiger partial charge in [-0.05, 0) is 43.2 Å². The highest BCUT2D eigenvalue weighted by Crippen LogP contribution is 2.16. The van der Waals surface area contributed by atoms with E-state index >= 15 is 0 Å². The van der Waals surface area contributed by atoms with E-state index in [-0.39, 0.29) is 11.9 Å². The molecule has 0 aliphatic heterocycles. The number of aromatic nitrogens is 2. The van der Waals surface area contributed by atoms with Gasteiger partial charge in [0.25, 0.3) is 0 Å². The SMILES string of the molecule is CC(NC(=O)CCCOc1ccccc1)c1ccc(-n2ccnc2)cc1. The van der Waals surface area contributed by atoms with E-state index in [1.165, 1.54) is 0 Å². The molecule has 0 bridgehead atoms. The third kappa shape index (κ3) is 4.96. The number of hydrogen-bond donors (Lipinski definition) is 1. The number of benzene rings is 2. The number of nitrogens with zero attached hydrogens (tertiary/aromatic N) is 2. The summed E-state index contributed by atoms with van der Waals surface area (Å²) in [6, 6.07) is 17.7. The highest BCUT2D eigenvalue weighted by atomic mass is 16.5. The summed E-state index contributed by atoms with van der Waals surface area (Å²) in [5.41, 5.74) is 2.12. The Morgan fingerprint density at radius 1 is 1.15 bits per heavy atom. The van der Waals surface area contributed by atoms with Gasteiger partial charge in [0.2, 0.25) is 5.91 Å². The molecule has 1 amide bonds. The second kappa shape index (κ2) is 8.85. The first-order chi connectivity index (χ1) is 12.7. The molecule has 0 fully saturated rings. The zero-order chi connectivity index (χ0) is 18.2. The lowest BCUT2D eigenvalue weighted by molar-refractivity contribution is -0.121. The number of nitrogens with one attached hydrogen (secondary N) is 1. The summed E-state index contributed by atoms with van der Waals surface area (Å²) in [4.78, 5) is 16.2. The smallest absolute Gasteiger partial charge is 0.220 e. The molecule has 2 aromatic carbocycles. The molecule has 5 nitrogen and oxygen atoms in total. The number of rotatable bonds is 8. The van der Waals surface area contributed by atoms with E-state index in [1.54, 1.807) is 12.5 Å². The predicted molar refractivity (Wildman–Crippen MR) is 101 cm³/mol. The molecule has 1 aromatic heterocycles. The van der Waals surface area contributed by atoms with Gasteiger partial charge >= 0.3 is 0 Å². The van der Waals surface area contributed by atoms with Crippen LogP contribution in [0.15, 0.2) is 73.3 Å². The maximum Gasteiger partial charge on any atom is 0.220 e. The molecule has 0 saturated carbocycles. The Morgan fingerprint density at radius 3 is 2.62 bits per heavy atom. The number of imidazole rings is 1. The maximum atomic E-state index is 12.1. The quantitative estimate of drug-likeness (QED) is 0.627. The Balaban J connectivity index is 1.42. The van der Waals surface area contributed by atoms with Gasteiger partial charge in [0.15, 0.2) is 0 Å². The van der Waals surface area contributed by atoms with Crippen molar-refractivity contribution in [2.24, 2.45) is 0 Å². The van der Waals surface area contributed by atoms with Crippen molar-refractivity contribution in [2.75, 3.05) is 6.61 Å². The van der Waals surface area contributed by atoms with Crippen molar-refractivity contribution < 1.29 is 9.53 Å². The van der Waals surface area contributed by atoms with Gasteiger partial charge in [-0.2, -0.15) is 0 Å². The van der Waals surface area contributed by atoms with Gasteiger partial charge in [-0.15, -0.1) is 0 Å². The molecule has 0 spiro atoms. The van der Waals surface area contributed by atoms with Gasteiger partial charge in [-0.3, -0.25) is 4.79 Å². The van der Waals surface area contributed by atoms with E-state index in [9.17, 15) is 4.79 Å². The van der Waals surface area contributed by atoms with Crippen LogP contribution in [-0.2, 0) is 4.79 Å². The largest absolute Gasteiger partial charge is 0.494 e. The minimum atomic E-state index is -0.0330. The lowest BCUT2D eigenvalue weighted by Crippen LogP contribution is -2.26. The predicted octanol–water partition coefficient (Wildman–Crippen LogP) is 3.91. The lowest BCUT2D eigenvalue weighted by Gasteiger charge is -2.15. The Kier molecular flexibility index (Phi) is 6.04. The zero-order valence-corrected chi connectivity index (χ0v) is 14.8. The van der Waals surface area contributed by atoms with E-state index in [0.29, 0.717) is 19.4 Å². The number of carbonyl (C=O) groups is 1. The molecule has 1 N–H and O–H groups in total. The number of ether oxygens (including phenoxy) is 1. The van der Waals surface area contributed by atoms with Gasteiger partial charge < -0.3 is 14.6 Å². The van der Waals surface area contributed by atoms with Crippen LogP contribution in [0.4, 0.5) is 0 Å². The molecule has 0 aliphatic carbocycles. The molecule has 26 heavy (non-hydrogen) atoms. The third-order valence-electron chi connectivity index (χ3n) is 4.13. The normalized spacial score (nSPS) is 11.7. The van der Waals surface area contributed by atoms with Crippen molar-refractivity contribution in [3.63, 3.8) is 0 Å². The molecule has 3 aromatic rings. The third-order valence-corrected chi connectivity index (χ3v) is 4.13. The molecule has 1 atom stereocenters. The van der Waals surface area contributed by atoms with Gasteiger partial charge in [-0.1, -0.05) is 30.3 Å². The second-order valence-electron chi connectivity index (χ2n) is 6.12. The van der Waals surface area contributed by atoms with Crippen molar-refractivity contribution in [3.05, 3.63) is 78.9 Å². The minimum absolute atomic E-state index is 0.0330. The van der Waals surface area contributed by atoms with Crippen LogP contribution in [0.3, 0.4) is 0 Å². The van der Waals surface area contributed by atoms with Crippen molar-refractivity contribution in [2.45, 2.75) is 25.8 Å². The zero-order valence-electron chi connectivity index (χ0n) is 14.8. The van der Waals surface area contributed by atoms with E-state index in [1.807, 2.05) is 72.3 Å². The van der Waals surface area contributed by atoms with E-state index in [4.69, 9.17) is 4.74 Å². The summed E-state index contributed by atoms with van der Waals surface area (Å²) < 4.78 is 7.55. The molecule has 0 saturated heterocycles. The van der Waals surface area contributed by atoms with Gasteiger partial charge in [0, 0.05) is 24.5 Å². The molecular weight excluding hydrogens is 326 g/mol. The highest BCUT2D eigenvalue weighted by Gasteiger charge is 2.09. The Hall–Kier alpha value is -3.08. The number of para-hydroxylation sites is 1. The average molecular weight is 349 g/mol. The molecule has 1 unspecified atom stereocenters. The molecule has 0 radical (unpaired) electrons.